The van der Waals surface area contributed by atoms with Gasteiger partial charge in [-0.25, -0.2) is 8.42 Å². The standard InChI is InChI=1S/C19H22N2O2S/c1-3-21(24(22,23)17-10-8-15(2)9-11-17)13-12-16-14-20-19-7-5-4-6-18(16)19/h4-11,14,20H,3,12-13H2,1-2H3. The molecular weight excluding hydrogens is 320 g/mol. The number of fused-ring (bicyclic) bond motifs is 1. The van der Waals surface area contributed by atoms with E-state index in [1.165, 1.54) is 0 Å². The van der Waals surface area contributed by atoms with Gasteiger partial charge in [0.15, 0.2) is 0 Å². The van der Waals surface area contributed by atoms with Gasteiger partial charge < -0.3 is 4.98 Å². The van der Waals surface area contributed by atoms with Crippen molar-refractivity contribution in [3.63, 3.8) is 0 Å². The molecule has 0 spiro atoms. The summed E-state index contributed by atoms with van der Waals surface area (Å²) < 4.78 is 27.2. The molecule has 0 atom stereocenters. The highest BCUT2D eigenvalue weighted by atomic mass is 32.2. The third-order valence-electron chi connectivity index (χ3n) is 4.32. The molecular formula is C19H22N2O2S. The van der Waals surface area contributed by atoms with Crippen molar-refractivity contribution in [2.24, 2.45) is 0 Å². The second-order valence-corrected chi connectivity index (χ2v) is 7.86. The van der Waals surface area contributed by atoms with Crippen LogP contribution in [0.15, 0.2) is 59.6 Å². The number of likely N-dealkylation sites (N-methyl/N-ethyl adjacent to an activating group) is 1. The molecule has 1 N–H and O–H groups in total. The van der Waals surface area contributed by atoms with Crippen LogP contribution in [0.4, 0.5) is 0 Å². The summed E-state index contributed by atoms with van der Waals surface area (Å²) >= 11 is 0. The van der Waals surface area contributed by atoms with Crippen LogP contribution in [0.5, 0.6) is 0 Å². The van der Waals surface area contributed by atoms with E-state index in [0.717, 1.165) is 22.0 Å². The van der Waals surface area contributed by atoms with Crippen LogP contribution < -0.4 is 0 Å². The van der Waals surface area contributed by atoms with Crippen molar-refractivity contribution in [1.82, 2.24) is 9.29 Å². The van der Waals surface area contributed by atoms with E-state index < -0.39 is 10.0 Å². The predicted octanol–water partition coefficient (Wildman–Crippen LogP) is 3.73. The van der Waals surface area contributed by atoms with Crippen molar-refractivity contribution >= 4 is 20.9 Å². The van der Waals surface area contributed by atoms with Gasteiger partial charge in [0, 0.05) is 30.2 Å². The lowest BCUT2D eigenvalue weighted by Gasteiger charge is -2.20. The zero-order valence-corrected chi connectivity index (χ0v) is 14.8. The lowest BCUT2D eigenvalue weighted by atomic mass is 10.1. The molecule has 0 saturated heterocycles. The summed E-state index contributed by atoms with van der Waals surface area (Å²) in [5, 5.41) is 1.15. The van der Waals surface area contributed by atoms with Crippen molar-refractivity contribution in [3.05, 3.63) is 65.9 Å². The smallest absolute Gasteiger partial charge is 0.243 e. The maximum absolute atomic E-state index is 12.8. The van der Waals surface area contributed by atoms with Gasteiger partial charge in [-0.1, -0.05) is 42.8 Å². The van der Waals surface area contributed by atoms with E-state index in [2.05, 4.69) is 11.1 Å². The van der Waals surface area contributed by atoms with Crippen LogP contribution in [0.2, 0.25) is 0 Å². The maximum Gasteiger partial charge on any atom is 0.243 e. The van der Waals surface area contributed by atoms with Crippen LogP contribution in [-0.4, -0.2) is 30.8 Å². The van der Waals surface area contributed by atoms with Crippen molar-refractivity contribution in [2.45, 2.75) is 25.2 Å². The molecule has 0 amide bonds. The fourth-order valence-electron chi connectivity index (χ4n) is 2.89. The van der Waals surface area contributed by atoms with Gasteiger partial charge in [0.25, 0.3) is 0 Å². The van der Waals surface area contributed by atoms with Gasteiger partial charge in [-0.15, -0.1) is 0 Å². The number of benzene rings is 2. The molecule has 1 heterocycles. The lowest BCUT2D eigenvalue weighted by molar-refractivity contribution is 0.431. The number of aryl methyl sites for hydroxylation is 1. The molecule has 24 heavy (non-hydrogen) atoms. The normalized spacial score (nSPS) is 12.1. The third kappa shape index (κ3) is 3.23. The minimum absolute atomic E-state index is 0.355. The molecule has 0 bridgehead atoms. The largest absolute Gasteiger partial charge is 0.361 e. The first-order chi connectivity index (χ1) is 11.5. The first kappa shape index (κ1) is 16.7. The van der Waals surface area contributed by atoms with Crippen LogP contribution >= 0.6 is 0 Å². The number of H-pyrrole nitrogens is 1. The van der Waals surface area contributed by atoms with Gasteiger partial charge in [0.2, 0.25) is 10.0 Å². The zero-order chi connectivity index (χ0) is 17.2. The fraction of sp³-hybridized carbons (Fsp3) is 0.263. The maximum atomic E-state index is 12.8. The number of sulfonamides is 1. The molecule has 5 heteroatoms. The third-order valence-corrected chi connectivity index (χ3v) is 6.31. The van der Waals surface area contributed by atoms with Crippen LogP contribution in [0.25, 0.3) is 10.9 Å². The van der Waals surface area contributed by atoms with Crippen LogP contribution in [0.3, 0.4) is 0 Å². The SMILES string of the molecule is CCN(CCc1c[nH]c2ccccc12)S(=O)(=O)c1ccc(C)cc1. The van der Waals surface area contributed by atoms with Gasteiger partial charge in [-0.05, 0) is 37.1 Å². The summed E-state index contributed by atoms with van der Waals surface area (Å²) in [6.07, 6.45) is 2.65. The average Bonchev–Trinajstić information content (AvgIpc) is 2.99. The van der Waals surface area contributed by atoms with E-state index in [-0.39, 0.29) is 0 Å². The van der Waals surface area contributed by atoms with Crippen molar-refractivity contribution < 1.29 is 8.42 Å². The highest BCUT2D eigenvalue weighted by Crippen LogP contribution is 2.20. The Labute approximate surface area is 143 Å². The Kier molecular flexibility index (Phi) is 4.73. The molecule has 3 aromatic rings. The predicted molar refractivity (Wildman–Crippen MR) is 97.6 cm³/mol. The second-order valence-electron chi connectivity index (χ2n) is 5.92. The molecule has 4 nitrogen and oxygen atoms in total. The summed E-state index contributed by atoms with van der Waals surface area (Å²) in [4.78, 5) is 3.59. The molecule has 0 aliphatic carbocycles. The Balaban J connectivity index is 1.80. The zero-order valence-electron chi connectivity index (χ0n) is 14.0. The van der Waals surface area contributed by atoms with Crippen molar-refractivity contribution in [1.29, 1.82) is 0 Å². The van der Waals surface area contributed by atoms with E-state index in [0.29, 0.717) is 24.4 Å². The van der Waals surface area contributed by atoms with Gasteiger partial charge in [0.1, 0.15) is 0 Å². The highest BCUT2D eigenvalue weighted by Gasteiger charge is 2.22. The Bertz CT molecular complexity index is 927. The molecule has 3 rings (SSSR count). The van der Waals surface area contributed by atoms with E-state index in [9.17, 15) is 8.42 Å². The number of para-hydroxylation sites is 1. The number of hydrogen-bond donors (Lipinski definition) is 1. The fourth-order valence-corrected chi connectivity index (χ4v) is 4.34. The number of nitrogens with zero attached hydrogens (tertiary/aromatic N) is 1. The molecule has 0 aliphatic heterocycles. The van der Waals surface area contributed by atoms with E-state index in [1.807, 2.05) is 50.4 Å². The number of hydrogen-bond acceptors (Lipinski definition) is 2. The highest BCUT2D eigenvalue weighted by molar-refractivity contribution is 7.89. The molecule has 0 radical (unpaired) electrons. The van der Waals surface area contributed by atoms with Crippen molar-refractivity contribution in [3.8, 4) is 0 Å². The first-order valence-corrected chi connectivity index (χ1v) is 9.58. The van der Waals surface area contributed by atoms with E-state index >= 15 is 0 Å². The molecule has 126 valence electrons. The second kappa shape index (κ2) is 6.79. The van der Waals surface area contributed by atoms with Crippen LogP contribution in [0.1, 0.15) is 18.1 Å². The average molecular weight is 342 g/mol. The summed E-state index contributed by atoms with van der Waals surface area (Å²) in [6, 6.07) is 15.1. The van der Waals surface area contributed by atoms with E-state index in [4.69, 9.17) is 0 Å². The van der Waals surface area contributed by atoms with Gasteiger partial charge >= 0.3 is 0 Å². The van der Waals surface area contributed by atoms with Gasteiger partial charge in [-0.3, -0.25) is 0 Å². The summed E-state index contributed by atoms with van der Waals surface area (Å²) in [7, 11) is -3.45. The number of aromatic nitrogens is 1. The molecule has 0 unspecified atom stereocenters. The molecule has 2 aromatic carbocycles. The number of aromatic amines is 1. The summed E-state index contributed by atoms with van der Waals surface area (Å²) in [6.45, 7) is 4.75. The van der Waals surface area contributed by atoms with Gasteiger partial charge in [0.05, 0.1) is 4.90 Å². The quantitative estimate of drug-likeness (QED) is 0.742. The number of rotatable bonds is 6. The summed E-state index contributed by atoms with van der Waals surface area (Å²) in [5.41, 5.74) is 3.27. The minimum atomic E-state index is -3.45. The van der Waals surface area contributed by atoms with Crippen LogP contribution in [0, 0.1) is 6.92 Å². The topological polar surface area (TPSA) is 53.2 Å². The molecule has 0 aliphatic rings. The Morgan fingerprint density at radius 3 is 2.46 bits per heavy atom. The Hall–Kier alpha value is -2.11. The lowest BCUT2D eigenvalue weighted by Crippen LogP contribution is -2.32. The Morgan fingerprint density at radius 1 is 1.04 bits per heavy atom. The molecule has 0 saturated carbocycles. The first-order valence-electron chi connectivity index (χ1n) is 8.14. The van der Waals surface area contributed by atoms with E-state index in [1.54, 1.807) is 16.4 Å². The van der Waals surface area contributed by atoms with Crippen LogP contribution in [-0.2, 0) is 16.4 Å². The minimum Gasteiger partial charge on any atom is -0.361 e. The number of nitrogens with one attached hydrogen (secondary N) is 1. The van der Waals surface area contributed by atoms with Gasteiger partial charge in [-0.2, -0.15) is 4.31 Å². The molecule has 1 aromatic heterocycles. The monoisotopic (exact) mass is 342 g/mol. The summed E-state index contributed by atoms with van der Waals surface area (Å²) in [5.74, 6) is 0. The van der Waals surface area contributed by atoms with Crippen molar-refractivity contribution in [2.75, 3.05) is 13.1 Å². The molecule has 0 fully saturated rings. The Morgan fingerprint density at radius 2 is 1.75 bits per heavy atom.